The van der Waals surface area contributed by atoms with E-state index in [1.54, 1.807) is 30.3 Å². The van der Waals surface area contributed by atoms with Crippen molar-refractivity contribution in [3.63, 3.8) is 0 Å². The zero-order valence-electron chi connectivity index (χ0n) is 12.5. The highest BCUT2D eigenvalue weighted by molar-refractivity contribution is 6.15. The number of esters is 2. The minimum absolute atomic E-state index is 0.190. The molecule has 0 radical (unpaired) electrons. The summed E-state index contributed by atoms with van der Waals surface area (Å²) in [6.07, 6.45) is 0. The Kier molecular flexibility index (Phi) is 3.41. The Balaban J connectivity index is 2.13. The second kappa shape index (κ2) is 5.28. The molecule has 5 nitrogen and oxygen atoms in total. The van der Waals surface area contributed by atoms with Crippen LogP contribution >= 0.6 is 0 Å². The van der Waals surface area contributed by atoms with Gasteiger partial charge in [0.1, 0.15) is 0 Å². The van der Waals surface area contributed by atoms with Crippen LogP contribution in [0.15, 0.2) is 36.4 Å². The van der Waals surface area contributed by atoms with Gasteiger partial charge in [-0.1, -0.05) is 18.2 Å². The summed E-state index contributed by atoms with van der Waals surface area (Å²) in [4.78, 5) is 46.5. The normalized spacial score (nSPS) is 12.8. The second-order valence-electron chi connectivity index (χ2n) is 5.31. The summed E-state index contributed by atoms with van der Waals surface area (Å²) in [7, 11) is 0. The Bertz CT molecular complexity index is 892. The van der Waals surface area contributed by atoms with Crippen molar-refractivity contribution < 1.29 is 23.9 Å². The second-order valence-corrected chi connectivity index (χ2v) is 5.31. The first-order valence-electron chi connectivity index (χ1n) is 6.95. The average molecular weight is 308 g/mol. The third-order valence-corrected chi connectivity index (χ3v) is 3.76. The summed E-state index contributed by atoms with van der Waals surface area (Å²) in [5, 5.41) is 0. The lowest BCUT2D eigenvalue weighted by Crippen LogP contribution is -2.04. The first-order chi connectivity index (χ1) is 10.9. The summed E-state index contributed by atoms with van der Waals surface area (Å²) < 4.78 is 4.56. The minimum Gasteiger partial charge on any atom is -0.386 e. The predicted octanol–water partition coefficient (Wildman–Crippen LogP) is 3.07. The van der Waals surface area contributed by atoms with Gasteiger partial charge in [-0.2, -0.15) is 0 Å². The fourth-order valence-electron chi connectivity index (χ4n) is 2.59. The fraction of sp³-hybridized carbons (Fsp3) is 0.111. The number of fused-ring (bicyclic) bond motifs is 1. The molecule has 0 spiro atoms. The van der Waals surface area contributed by atoms with Crippen LogP contribution in [0.5, 0.6) is 0 Å². The summed E-state index contributed by atoms with van der Waals surface area (Å²) >= 11 is 0. The molecule has 0 saturated heterocycles. The molecule has 23 heavy (non-hydrogen) atoms. The highest BCUT2D eigenvalue weighted by atomic mass is 16.6. The molecule has 2 aromatic rings. The summed E-state index contributed by atoms with van der Waals surface area (Å²) in [5.41, 5.74) is 2.45. The largest absolute Gasteiger partial charge is 0.386 e. The van der Waals surface area contributed by atoms with Crippen molar-refractivity contribution in [1.82, 2.24) is 0 Å². The number of ketones is 2. The number of benzene rings is 2. The van der Waals surface area contributed by atoms with Gasteiger partial charge >= 0.3 is 11.9 Å². The summed E-state index contributed by atoms with van der Waals surface area (Å²) in [6, 6.07) is 9.64. The Labute approximate surface area is 131 Å². The zero-order chi connectivity index (χ0) is 16.7. The number of rotatable bonds is 3. The highest BCUT2D eigenvalue weighted by Crippen LogP contribution is 2.28. The molecular weight excluding hydrogens is 296 g/mol. The monoisotopic (exact) mass is 308 g/mol. The number of Topliss-reactive ketones (excluding diaryl/α,β-unsaturated/α-hetero) is 2. The van der Waals surface area contributed by atoms with Crippen molar-refractivity contribution in [2.45, 2.75) is 13.8 Å². The fourth-order valence-corrected chi connectivity index (χ4v) is 2.59. The van der Waals surface area contributed by atoms with E-state index in [2.05, 4.69) is 4.74 Å². The molecule has 0 fully saturated rings. The third-order valence-electron chi connectivity index (χ3n) is 3.76. The van der Waals surface area contributed by atoms with Crippen molar-refractivity contribution in [3.8, 4) is 11.1 Å². The zero-order valence-corrected chi connectivity index (χ0v) is 12.5. The molecule has 0 saturated carbocycles. The van der Waals surface area contributed by atoms with Gasteiger partial charge in [0.25, 0.3) is 0 Å². The van der Waals surface area contributed by atoms with Crippen molar-refractivity contribution in [3.05, 3.63) is 58.7 Å². The van der Waals surface area contributed by atoms with E-state index in [-0.39, 0.29) is 22.7 Å². The minimum atomic E-state index is -0.681. The van der Waals surface area contributed by atoms with Crippen LogP contribution in [0, 0.1) is 0 Å². The van der Waals surface area contributed by atoms with Crippen LogP contribution < -0.4 is 0 Å². The van der Waals surface area contributed by atoms with E-state index in [4.69, 9.17) is 0 Å². The number of carbonyl (C=O) groups is 4. The van der Waals surface area contributed by atoms with Gasteiger partial charge < -0.3 is 4.74 Å². The molecule has 5 heteroatoms. The molecule has 0 aliphatic carbocycles. The van der Waals surface area contributed by atoms with Crippen molar-refractivity contribution in [2.24, 2.45) is 0 Å². The molecule has 2 aromatic carbocycles. The number of hydrogen-bond donors (Lipinski definition) is 0. The maximum atomic E-state index is 11.8. The van der Waals surface area contributed by atoms with E-state index in [9.17, 15) is 19.2 Å². The standard InChI is InChI=1S/C18H12O5/c1-9(19)13-5-3-11(7-15(13)10(2)20)12-4-6-14-16(8-12)18(22)23-17(14)21/h3-8H,1-2H3. The van der Waals surface area contributed by atoms with Gasteiger partial charge in [0.05, 0.1) is 11.1 Å². The molecule has 0 unspecified atom stereocenters. The lowest BCUT2D eigenvalue weighted by atomic mass is 9.94. The predicted molar refractivity (Wildman–Crippen MR) is 81.6 cm³/mol. The van der Waals surface area contributed by atoms with Crippen molar-refractivity contribution in [2.75, 3.05) is 0 Å². The van der Waals surface area contributed by atoms with Gasteiger partial charge in [-0.3, -0.25) is 9.59 Å². The van der Waals surface area contributed by atoms with Crippen LogP contribution in [-0.2, 0) is 4.74 Å². The third kappa shape index (κ3) is 2.46. The van der Waals surface area contributed by atoms with Gasteiger partial charge in [0, 0.05) is 11.1 Å². The van der Waals surface area contributed by atoms with Crippen molar-refractivity contribution in [1.29, 1.82) is 0 Å². The SMILES string of the molecule is CC(=O)c1ccc(-c2ccc3c(c2)C(=O)OC3=O)cc1C(C)=O. The Morgan fingerprint density at radius 1 is 0.739 bits per heavy atom. The molecule has 0 bridgehead atoms. The first-order valence-corrected chi connectivity index (χ1v) is 6.95. The maximum absolute atomic E-state index is 11.8. The summed E-state index contributed by atoms with van der Waals surface area (Å²) in [6.45, 7) is 2.79. The van der Waals surface area contributed by atoms with Gasteiger partial charge in [-0.15, -0.1) is 0 Å². The molecule has 1 aliphatic heterocycles. The smallest absolute Gasteiger partial charge is 0.346 e. The lowest BCUT2D eigenvalue weighted by Gasteiger charge is -2.08. The van der Waals surface area contributed by atoms with Gasteiger partial charge in [-0.05, 0) is 43.2 Å². The molecule has 3 rings (SSSR count). The lowest BCUT2D eigenvalue weighted by molar-refractivity contribution is 0.0443. The molecular formula is C18H12O5. The number of ether oxygens (including phenoxy) is 1. The average Bonchev–Trinajstić information content (AvgIpc) is 2.80. The van der Waals surface area contributed by atoms with Crippen LogP contribution in [0.4, 0.5) is 0 Å². The maximum Gasteiger partial charge on any atom is 0.346 e. The molecule has 0 aromatic heterocycles. The quantitative estimate of drug-likeness (QED) is 0.495. The van der Waals surface area contributed by atoms with Crippen LogP contribution in [0.3, 0.4) is 0 Å². The number of carbonyl (C=O) groups excluding carboxylic acids is 4. The highest BCUT2D eigenvalue weighted by Gasteiger charge is 2.29. The van der Waals surface area contributed by atoms with Gasteiger partial charge in [0.2, 0.25) is 0 Å². The van der Waals surface area contributed by atoms with Gasteiger partial charge in [0.15, 0.2) is 11.6 Å². The van der Waals surface area contributed by atoms with E-state index in [1.807, 2.05) is 0 Å². The van der Waals surface area contributed by atoms with E-state index in [1.165, 1.54) is 19.9 Å². The number of hydrogen-bond acceptors (Lipinski definition) is 5. The molecule has 0 atom stereocenters. The van der Waals surface area contributed by atoms with E-state index < -0.39 is 11.9 Å². The molecule has 0 N–H and O–H groups in total. The Hall–Kier alpha value is -3.08. The van der Waals surface area contributed by atoms with Crippen LogP contribution in [0.25, 0.3) is 11.1 Å². The molecule has 114 valence electrons. The van der Waals surface area contributed by atoms with E-state index in [0.29, 0.717) is 22.3 Å². The Morgan fingerprint density at radius 2 is 1.30 bits per heavy atom. The van der Waals surface area contributed by atoms with Crippen LogP contribution in [-0.4, -0.2) is 23.5 Å². The Morgan fingerprint density at radius 3 is 1.96 bits per heavy atom. The summed E-state index contributed by atoms with van der Waals surface area (Å²) in [5.74, 6) is -1.75. The molecule has 1 aliphatic rings. The molecule has 1 heterocycles. The number of cyclic esters (lactones) is 2. The topological polar surface area (TPSA) is 77.5 Å². The van der Waals surface area contributed by atoms with Gasteiger partial charge in [-0.25, -0.2) is 9.59 Å². The van der Waals surface area contributed by atoms with E-state index >= 15 is 0 Å². The van der Waals surface area contributed by atoms with E-state index in [0.717, 1.165) is 0 Å². The first kappa shape index (κ1) is 14.8. The van der Waals surface area contributed by atoms with Crippen LogP contribution in [0.2, 0.25) is 0 Å². The van der Waals surface area contributed by atoms with Crippen molar-refractivity contribution >= 4 is 23.5 Å². The molecule has 0 amide bonds. The van der Waals surface area contributed by atoms with Crippen LogP contribution in [0.1, 0.15) is 55.3 Å².